The highest BCUT2D eigenvalue weighted by Crippen LogP contribution is 2.32. The fraction of sp³-hybridized carbons (Fsp3) is 0.286. The lowest BCUT2D eigenvalue weighted by molar-refractivity contribution is -0.117. The number of aromatic nitrogens is 6. The van der Waals surface area contributed by atoms with Crippen LogP contribution >= 0.6 is 11.6 Å². The number of ether oxygens (including phenoxy) is 1. The summed E-state index contributed by atoms with van der Waals surface area (Å²) in [5.41, 5.74) is 4.54. The van der Waals surface area contributed by atoms with Gasteiger partial charge in [-0.25, -0.2) is 9.78 Å². The molecule has 41 heavy (non-hydrogen) atoms. The number of H-pyrrole nitrogens is 1. The molecular formula is C28H30ClN9O3. The number of benzene rings is 2. The van der Waals surface area contributed by atoms with Gasteiger partial charge in [0.15, 0.2) is 0 Å². The van der Waals surface area contributed by atoms with Crippen molar-refractivity contribution in [3.8, 4) is 16.9 Å². The molecule has 0 fully saturated rings. The molecule has 2 atom stereocenters. The van der Waals surface area contributed by atoms with Crippen LogP contribution < -0.4 is 16.0 Å². The molecule has 2 amide bonds. The van der Waals surface area contributed by atoms with Crippen molar-refractivity contribution in [3.05, 3.63) is 71.4 Å². The van der Waals surface area contributed by atoms with Gasteiger partial charge in [-0.05, 0) is 71.7 Å². The normalized spacial score (nSPS) is 17.0. The van der Waals surface area contributed by atoms with Gasteiger partial charge in [0.05, 0.1) is 30.7 Å². The number of methoxy groups -OCH3 is 1. The van der Waals surface area contributed by atoms with E-state index in [0.29, 0.717) is 33.7 Å². The van der Waals surface area contributed by atoms with E-state index in [0.717, 1.165) is 42.8 Å². The molecule has 12 nitrogen and oxygen atoms in total. The average molecular weight is 576 g/mol. The van der Waals surface area contributed by atoms with Gasteiger partial charge in [-0.3, -0.25) is 10.1 Å². The number of rotatable bonds is 5. The quantitative estimate of drug-likeness (QED) is 0.243. The molecule has 5 rings (SSSR count). The molecule has 212 valence electrons. The molecule has 0 radical (unpaired) electrons. The Labute approximate surface area is 241 Å². The molecule has 4 N–H and O–H groups in total. The Bertz CT molecular complexity index is 1550. The number of hydrogen-bond donors (Lipinski definition) is 4. The summed E-state index contributed by atoms with van der Waals surface area (Å²) in [6.45, 7) is 2.93. The molecule has 0 unspecified atom stereocenters. The van der Waals surface area contributed by atoms with Crippen molar-refractivity contribution in [2.45, 2.75) is 32.2 Å². The molecule has 1 aliphatic heterocycles. The fourth-order valence-corrected chi connectivity index (χ4v) is 4.86. The van der Waals surface area contributed by atoms with Gasteiger partial charge in [0, 0.05) is 40.1 Å². The van der Waals surface area contributed by atoms with E-state index < -0.39 is 6.09 Å². The van der Waals surface area contributed by atoms with Crippen molar-refractivity contribution in [2.24, 2.45) is 5.92 Å². The highest BCUT2D eigenvalue weighted by molar-refractivity contribution is 6.30. The molecule has 2 aromatic heterocycles. The number of fused-ring (bicyclic) bond motifs is 4. The molecule has 3 heterocycles. The summed E-state index contributed by atoms with van der Waals surface area (Å²) in [7, 11) is 1.32. The topological polar surface area (TPSA) is 152 Å². The minimum absolute atomic E-state index is 0.267. The van der Waals surface area contributed by atoms with Gasteiger partial charge in [0.2, 0.25) is 5.91 Å². The van der Waals surface area contributed by atoms with Crippen LogP contribution in [0.25, 0.3) is 23.0 Å². The number of carbonyl (C=O) groups is 2. The van der Waals surface area contributed by atoms with Crippen molar-refractivity contribution in [1.29, 1.82) is 0 Å². The largest absolute Gasteiger partial charge is 0.453 e. The maximum atomic E-state index is 13.1. The van der Waals surface area contributed by atoms with Crippen molar-refractivity contribution >= 4 is 41.1 Å². The molecule has 0 spiro atoms. The third-order valence-corrected chi connectivity index (χ3v) is 7.05. The van der Waals surface area contributed by atoms with E-state index >= 15 is 0 Å². The lowest BCUT2D eigenvalue weighted by atomic mass is 10.00. The van der Waals surface area contributed by atoms with Crippen molar-refractivity contribution in [2.75, 3.05) is 24.3 Å². The van der Waals surface area contributed by atoms with Crippen LogP contribution in [0.3, 0.4) is 0 Å². The second-order valence-corrected chi connectivity index (χ2v) is 10.3. The number of hydrogen-bond acceptors (Lipinski definition) is 8. The predicted octanol–water partition coefficient (Wildman–Crippen LogP) is 4.99. The van der Waals surface area contributed by atoms with E-state index in [9.17, 15) is 9.59 Å². The Morgan fingerprint density at radius 2 is 2.07 bits per heavy atom. The van der Waals surface area contributed by atoms with E-state index in [1.54, 1.807) is 36.5 Å². The second kappa shape index (κ2) is 12.6. The molecule has 0 saturated carbocycles. The number of aromatic amines is 1. The number of nitrogens with one attached hydrogen (secondary N) is 4. The Kier molecular flexibility index (Phi) is 8.59. The van der Waals surface area contributed by atoms with Gasteiger partial charge in [-0.2, -0.15) is 4.68 Å². The second-order valence-electron chi connectivity index (χ2n) is 9.83. The Hall–Kier alpha value is -4.71. The molecular weight excluding hydrogens is 546 g/mol. The van der Waals surface area contributed by atoms with E-state index in [2.05, 4.69) is 48.4 Å². The number of amides is 2. The lowest BCUT2D eigenvalue weighted by Crippen LogP contribution is -2.28. The average Bonchev–Trinajstić information content (AvgIpc) is 3.67. The van der Waals surface area contributed by atoms with Crippen LogP contribution in [0.1, 0.15) is 43.6 Å². The summed E-state index contributed by atoms with van der Waals surface area (Å²) < 4.78 is 6.23. The SMILES string of the molecule is COC(=O)Nc1ccc2c(c1)NC[C@H](C)CCC[C@H](NC(=O)/C=C/c1cc(Cl)ccc1-n1cnnn1)c1ncc-2[nH]1. The monoisotopic (exact) mass is 575 g/mol. The van der Waals surface area contributed by atoms with Crippen molar-refractivity contribution in [3.63, 3.8) is 0 Å². The van der Waals surface area contributed by atoms with Crippen LogP contribution in [0.2, 0.25) is 5.02 Å². The van der Waals surface area contributed by atoms with Gasteiger partial charge >= 0.3 is 6.09 Å². The van der Waals surface area contributed by atoms with Crippen LogP contribution in [0, 0.1) is 5.92 Å². The number of nitrogens with zero attached hydrogens (tertiary/aromatic N) is 5. The Morgan fingerprint density at radius 3 is 2.88 bits per heavy atom. The zero-order valence-corrected chi connectivity index (χ0v) is 23.4. The first kappa shape index (κ1) is 27.8. The minimum atomic E-state index is -0.537. The van der Waals surface area contributed by atoms with Crippen molar-refractivity contribution < 1.29 is 14.3 Å². The van der Waals surface area contributed by atoms with Crippen LogP contribution in [0.5, 0.6) is 0 Å². The molecule has 2 aromatic carbocycles. The number of tetrazole rings is 1. The fourth-order valence-electron chi connectivity index (χ4n) is 4.68. The first-order valence-electron chi connectivity index (χ1n) is 13.2. The maximum absolute atomic E-state index is 13.1. The summed E-state index contributed by atoms with van der Waals surface area (Å²) in [6.07, 6.45) is 8.42. The van der Waals surface area contributed by atoms with E-state index in [1.165, 1.54) is 24.2 Å². The van der Waals surface area contributed by atoms with E-state index in [1.807, 2.05) is 12.1 Å². The van der Waals surface area contributed by atoms with E-state index in [-0.39, 0.29) is 11.9 Å². The zero-order chi connectivity index (χ0) is 28.8. The van der Waals surface area contributed by atoms with Gasteiger partial charge < -0.3 is 20.4 Å². The third kappa shape index (κ3) is 6.90. The number of carbonyl (C=O) groups excluding carboxylic acids is 2. The van der Waals surface area contributed by atoms with Crippen LogP contribution in [0.4, 0.5) is 16.2 Å². The summed E-state index contributed by atoms with van der Waals surface area (Å²) in [5.74, 6) is 0.774. The van der Waals surface area contributed by atoms with Gasteiger partial charge in [-0.1, -0.05) is 24.9 Å². The van der Waals surface area contributed by atoms with Crippen LogP contribution in [0.15, 0.2) is 55.0 Å². The minimum Gasteiger partial charge on any atom is -0.453 e. The number of anilines is 2. The summed E-state index contributed by atoms with van der Waals surface area (Å²) in [6, 6.07) is 10.5. The summed E-state index contributed by atoms with van der Waals surface area (Å²) in [4.78, 5) is 32.8. The van der Waals surface area contributed by atoms with Gasteiger partial charge in [0.25, 0.3) is 0 Å². The predicted molar refractivity (Wildman–Crippen MR) is 156 cm³/mol. The standard InChI is InChI=1S/C28H30ClN9O3/c1-17-4-3-5-22(34-26(39)11-6-18-12-19(29)7-10-25(18)38-16-32-36-37-38)27-31-15-24(35-27)21-9-8-20(33-28(40)41-2)13-23(21)30-14-17/h6-13,15-17,22,30H,3-5,14H2,1-2H3,(H,31,35)(H,33,40)(H,34,39)/b11-6+/t17-,22+/m1/s1. The molecule has 2 bridgehead atoms. The number of imidazole rings is 1. The first-order valence-corrected chi connectivity index (χ1v) is 13.6. The smallest absolute Gasteiger partial charge is 0.411 e. The Balaban J connectivity index is 1.38. The third-order valence-electron chi connectivity index (χ3n) is 6.81. The summed E-state index contributed by atoms with van der Waals surface area (Å²) in [5, 5.41) is 21.2. The molecule has 1 aliphatic rings. The Morgan fingerprint density at radius 1 is 1.20 bits per heavy atom. The maximum Gasteiger partial charge on any atom is 0.411 e. The lowest BCUT2D eigenvalue weighted by Gasteiger charge is -2.20. The van der Waals surface area contributed by atoms with E-state index in [4.69, 9.17) is 16.3 Å². The highest BCUT2D eigenvalue weighted by Gasteiger charge is 2.20. The van der Waals surface area contributed by atoms with Crippen molar-refractivity contribution in [1.82, 2.24) is 35.5 Å². The molecule has 13 heteroatoms. The van der Waals surface area contributed by atoms with Gasteiger partial charge in [0.1, 0.15) is 12.2 Å². The molecule has 0 saturated heterocycles. The first-order chi connectivity index (χ1) is 19.9. The summed E-state index contributed by atoms with van der Waals surface area (Å²) >= 11 is 6.21. The molecule has 4 aromatic rings. The highest BCUT2D eigenvalue weighted by atomic mass is 35.5. The van der Waals surface area contributed by atoms with Gasteiger partial charge in [-0.15, -0.1) is 5.10 Å². The molecule has 0 aliphatic carbocycles. The zero-order valence-electron chi connectivity index (χ0n) is 22.6. The van der Waals surface area contributed by atoms with Crippen LogP contribution in [-0.4, -0.2) is 55.8 Å². The van der Waals surface area contributed by atoms with Crippen LogP contribution in [-0.2, 0) is 9.53 Å². The number of halogens is 1.